The summed E-state index contributed by atoms with van der Waals surface area (Å²) >= 11 is 0. The van der Waals surface area contributed by atoms with E-state index in [1.807, 2.05) is 41.1 Å². The molecule has 27 heavy (non-hydrogen) atoms. The molecular weight excluding hydrogens is 346 g/mol. The normalized spacial score (nSPS) is 20.8. The Bertz CT molecular complexity index is 827. The van der Waals surface area contributed by atoms with Crippen LogP contribution in [-0.4, -0.2) is 52.6 Å². The molecule has 8 nitrogen and oxygen atoms in total. The Morgan fingerprint density at radius 2 is 1.96 bits per heavy atom. The van der Waals surface area contributed by atoms with Crippen molar-refractivity contribution in [2.45, 2.75) is 31.1 Å². The fourth-order valence-corrected chi connectivity index (χ4v) is 3.85. The van der Waals surface area contributed by atoms with Crippen LogP contribution in [0.2, 0.25) is 0 Å². The second kappa shape index (κ2) is 7.03. The molecule has 0 radical (unpaired) electrons. The van der Waals surface area contributed by atoms with Crippen LogP contribution in [0.1, 0.15) is 18.7 Å². The molecule has 1 aromatic heterocycles. The summed E-state index contributed by atoms with van der Waals surface area (Å²) in [6.07, 6.45) is 4.22. The molecule has 2 aliphatic heterocycles. The molecule has 1 spiro atoms. The smallest absolute Gasteiger partial charge is 0.317 e. The number of carbonyl (C=O) groups is 2. The summed E-state index contributed by atoms with van der Waals surface area (Å²) in [4.78, 5) is 30.9. The summed E-state index contributed by atoms with van der Waals surface area (Å²) in [7, 11) is 1.63. The van der Waals surface area contributed by atoms with Gasteiger partial charge in [-0.15, -0.1) is 0 Å². The minimum atomic E-state index is -0.648. The fraction of sp³-hybridized carbons (Fsp3) is 0.421. The molecule has 0 aliphatic carbocycles. The lowest BCUT2D eigenvalue weighted by molar-refractivity contribution is -0.167. The molecule has 3 amide bonds. The maximum atomic E-state index is 12.8. The van der Waals surface area contributed by atoms with Gasteiger partial charge in [0.1, 0.15) is 11.4 Å². The quantitative estimate of drug-likeness (QED) is 0.841. The highest BCUT2D eigenvalue weighted by atomic mass is 16.5. The van der Waals surface area contributed by atoms with Gasteiger partial charge in [0.25, 0.3) is 5.91 Å². The molecular formula is C19H23N5O3. The van der Waals surface area contributed by atoms with Gasteiger partial charge in [-0.1, -0.05) is 18.2 Å². The number of benzene rings is 1. The van der Waals surface area contributed by atoms with Crippen LogP contribution in [0.15, 0.2) is 42.7 Å². The molecule has 8 heteroatoms. The van der Waals surface area contributed by atoms with Gasteiger partial charge in [0.05, 0.1) is 6.54 Å². The number of likely N-dealkylation sites (tertiary alicyclic amines) is 1. The number of carbonyl (C=O) groups excluding carboxylic acids is 2. The first kappa shape index (κ1) is 17.5. The first-order valence-corrected chi connectivity index (χ1v) is 9.13. The molecule has 3 heterocycles. The number of amides is 3. The number of ether oxygens (including phenoxy) is 1. The minimum Gasteiger partial charge on any atom is -0.352 e. The van der Waals surface area contributed by atoms with E-state index in [0.29, 0.717) is 32.5 Å². The molecule has 1 saturated heterocycles. The van der Waals surface area contributed by atoms with Crippen molar-refractivity contribution >= 4 is 17.6 Å². The average molecular weight is 369 g/mol. The predicted octanol–water partition coefficient (Wildman–Crippen LogP) is 1.55. The second-order valence-electron chi connectivity index (χ2n) is 6.90. The number of rotatable bonds is 2. The molecule has 1 atom stereocenters. The molecule has 2 aromatic rings. The SMILES string of the molecule is CNC(=O)N1CCC2(CC1)OC(C(=O)Nc1ccccc1)Cn1ccnc12. The number of imidazole rings is 1. The van der Waals surface area contributed by atoms with Crippen molar-refractivity contribution in [2.75, 3.05) is 25.5 Å². The minimum absolute atomic E-state index is 0.0950. The molecule has 0 bridgehead atoms. The lowest BCUT2D eigenvalue weighted by atomic mass is 9.88. The van der Waals surface area contributed by atoms with Gasteiger partial charge < -0.3 is 24.8 Å². The zero-order chi connectivity index (χ0) is 18.9. The monoisotopic (exact) mass is 369 g/mol. The predicted molar refractivity (Wildman–Crippen MR) is 99.1 cm³/mol. The summed E-state index contributed by atoms with van der Waals surface area (Å²) < 4.78 is 8.34. The van der Waals surface area contributed by atoms with Crippen molar-refractivity contribution in [1.82, 2.24) is 19.8 Å². The standard InChI is InChI=1S/C19H23N5O3/c1-20-18(26)23-10-7-19(8-11-23)17-21-9-12-24(17)13-15(27-19)16(25)22-14-5-3-2-4-6-14/h2-6,9,12,15H,7-8,10-11,13H2,1H3,(H,20,26)(H,22,25). The Balaban J connectivity index is 1.53. The molecule has 1 unspecified atom stereocenters. The Hall–Kier alpha value is -2.87. The fourth-order valence-electron chi connectivity index (χ4n) is 3.85. The van der Waals surface area contributed by atoms with E-state index in [0.717, 1.165) is 11.5 Å². The third-order valence-electron chi connectivity index (χ3n) is 5.26. The van der Waals surface area contributed by atoms with Crippen LogP contribution in [0.3, 0.4) is 0 Å². The van der Waals surface area contributed by atoms with E-state index in [9.17, 15) is 9.59 Å². The first-order chi connectivity index (χ1) is 13.1. The average Bonchev–Trinajstić information content (AvgIpc) is 3.18. The van der Waals surface area contributed by atoms with Crippen molar-refractivity contribution in [3.63, 3.8) is 0 Å². The van der Waals surface area contributed by atoms with E-state index in [4.69, 9.17) is 4.74 Å². The van der Waals surface area contributed by atoms with Crippen molar-refractivity contribution in [1.29, 1.82) is 0 Å². The lowest BCUT2D eigenvalue weighted by Crippen LogP contribution is -2.54. The van der Waals surface area contributed by atoms with Crippen LogP contribution >= 0.6 is 0 Å². The number of urea groups is 1. The van der Waals surface area contributed by atoms with E-state index < -0.39 is 11.7 Å². The molecule has 142 valence electrons. The Morgan fingerprint density at radius 1 is 1.22 bits per heavy atom. The van der Waals surface area contributed by atoms with Crippen molar-refractivity contribution < 1.29 is 14.3 Å². The van der Waals surface area contributed by atoms with Crippen LogP contribution in [0, 0.1) is 0 Å². The molecule has 4 rings (SSSR count). The topological polar surface area (TPSA) is 88.5 Å². The zero-order valence-corrected chi connectivity index (χ0v) is 15.2. The highest BCUT2D eigenvalue weighted by molar-refractivity contribution is 5.94. The number of hydrogen-bond acceptors (Lipinski definition) is 4. The van der Waals surface area contributed by atoms with Gasteiger partial charge in [-0.05, 0) is 12.1 Å². The Labute approximate surface area is 157 Å². The maximum absolute atomic E-state index is 12.8. The van der Waals surface area contributed by atoms with Crippen molar-refractivity contribution in [3.8, 4) is 0 Å². The summed E-state index contributed by atoms with van der Waals surface area (Å²) in [5.41, 5.74) is 0.0938. The third kappa shape index (κ3) is 3.28. The third-order valence-corrected chi connectivity index (χ3v) is 5.26. The van der Waals surface area contributed by atoms with Crippen molar-refractivity contribution in [2.24, 2.45) is 0 Å². The van der Waals surface area contributed by atoms with Gasteiger partial charge in [0.15, 0.2) is 6.10 Å². The molecule has 0 saturated carbocycles. The van der Waals surface area contributed by atoms with Crippen LogP contribution in [-0.2, 0) is 21.7 Å². The largest absolute Gasteiger partial charge is 0.352 e. The summed E-state index contributed by atoms with van der Waals surface area (Å²) in [6, 6.07) is 9.26. The van der Waals surface area contributed by atoms with Crippen LogP contribution in [0.25, 0.3) is 0 Å². The van der Waals surface area contributed by atoms with E-state index in [-0.39, 0.29) is 11.9 Å². The highest BCUT2D eigenvalue weighted by Gasteiger charge is 2.47. The summed E-state index contributed by atoms with van der Waals surface area (Å²) in [5.74, 6) is 0.663. The number of hydrogen-bond donors (Lipinski definition) is 2. The van der Waals surface area contributed by atoms with Gasteiger partial charge in [-0.3, -0.25) is 4.79 Å². The molecule has 2 N–H and O–H groups in total. The summed E-state index contributed by atoms with van der Waals surface area (Å²) in [6.45, 7) is 1.54. The van der Waals surface area contributed by atoms with Gasteiger partial charge in [-0.25, -0.2) is 9.78 Å². The number of piperidine rings is 1. The number of anilines is 1. The van der Waals surface area contributed by atoms with Gasteiger partial charge in [0, 0.05) is 51.1 Å². The van der Waals surface area contributed by atoms with Gasteiger partial charge >= 0.3 is 6.03 Å². The second-order valence-corrected chi connectivity index (χ2v) is 6.90. The van der Waals surface area contributed by atoms with E-state index in [1.54, 1.807) is 18.1 Å². The molecule has 1 aromatic carbocycles. The van der Waals surface area contributed by atoms with Gasteiger partial charge in [-0.2, -0.15) is 0 Å². The zero-order valence-electron chi connectivity index (χ0n) is 15.2. The van der Waals surface area contributed by atoms with Crippen LogP contribution in [0.5, 0.6) is 0 Å². The van der Waals surface area contributed by atoms with Crippen LogP contribution in [0.4, 0.5) is 10.5 Å². The number of fused-ring (bicyclic) bond motifs is 2. The van der Waals surface area contributed by atoms with E-state index in [1.165, 1.54) is 0 Å². The van der Waals surface area contributed by atoms with Crippen LogP contribution < -0.4 is 10.6 Å². The highest BCUT2D eigenvalue weighted by Crippen LogP contribution is 2.40. The number of nitrogens with zero attached hydrogens (tertiary/aromatic N) is 3. The Morgan fingerprint density at radius 3 is 2.67 bits per heavy atom. The number of nitrogens with one attached hydrogen (secondary N) is 2. The summed E-state index contributed by atoms with van der Waals surface area (Å²) in [5, 5.41) is 5.58. The lowest BCUT2D eigenvalue weighted by Gasteiger charge is -2.45. The van der Waals surface area contributed by atoms with Gasteiger partial charge in [0.2, 0.25) is 0 Å². The maximum Gasteiger partial charge on any atom is 0.317 e. The van der Waals surface area contributed by atoms with E-state index in [2.05, 4.69) is 15.6 Å². The number of aromatic nitrogens is 2. The number of para-hydroxylation sites is 1. The first-order valence-electron chi connectivity index (χ1n) is 9.13. The molecule has 1 fully saturated rings. The van der Waals surface area contributed by atoms with Crippen molar-refractivity contribution in [3.05, 3.63) is 48.5 Å². The molecule has 2 aliphatic rings. The van der Waals surface area contributed by atoms with E-state index >= 15 is 0 Å². The Kier molecular flexibility index (Phi) is 4.57.